The summed E-state index contributed by atoms with van der Waals surface area (Å²) < 4.78 is 16.4. The number of aliphatic carboxylic acids is 2. The lowest BCUT2D eigenvalue weighted by Crippen LogP contribution is -2.07. The average Bonchev–Trinajstić information content (AvgIpc) is 2.78. The molecule has 11 nitrogen and oxygen atoms in total. The van der Waals surface area contributed by atoms with Crippen LogP contribution in [0.1, 0.15) is 31.5 Å². The Bertz CT molecular complexity index is 947. The van der Waals surface area contributed by atoms with Crippen molar-refractivity contribution < 1.29 is 39.1 Å². The van der Waals surface area contributed by atoms with Gasteiger partial charge >= 0.3 is 11.9 Å². The number of aryl methyl sites for hydroxylation is 1. The van der Waals surface area contributed by atoms with E-state index in [0.717, 1.165) is 43.4 Å². The molecule has 0 unspecified atom stereocenters. The molecule has 2 aromatic rings. The standard InChI is InChI=1S/C18H27N3O4.C4H4O4/c1-12-20-15-13(11-14(23-2)16(24-3)17(15)25-4)18(21-12)19-9-7-5-6-8-10-22;5-3(6)1-2-4(7)8/h11,22H,5-10H2,1-4H3,(H,19,20,21);1-2H,(H,5,6)(H,7,8). The number of carboxylic acid groups (broad SMARTS) is 2. The molecule has 182 valence electrons. The topological polar surface area (TPSA) is 160 Å². The quantitative estimate of drug-likeness (QED) is 0.269. The maximum atomic E-state index is 9.55. The van der Waals surface area contributed by atoms with Crippen LogP contribution < -0.4 is 19.5 Å². The number of aliphatic hydroxyl groups is 1. The minimum atomic E-state index is -1.26. The van der Waals surface area contributed by atoms with Crippen molar-refractivity contribution in [1.29, 1.82) is 0 Å². The van der Waals surface area contributed by atoms with Crippen LogP contribution in [0.2, 0.25) is 0 Å². The third kappa shape index (κ3) is 8.81. The number of unbranched alkanes of at least 4 members (excludes halogenated alkanes) is 3. The fourth-order valence-corrected chi connectivity index (χ4v) is 2.92. The first-order valence-electron chi connectivity index (χ1n) is 10.2. The molecule has 33 heavy (non-hydrogen) atoms. The molecule has 11 heteroatoms. The van der Waals surface area contributed by atoms with Crippen LogP contribution in [0.5, 0.6) is 17.2 Å². The van der Waals surface area contributed by atoms with E-state index in [1.807, 2.05) is 13.0 Å². The number of fused-ring (bicyclic) bond motifs is 1. The Morgan fingerprint density at radius 1 is 0.939 bits per heavy atom. The zero-order chi connectivity index (χ0) is 24.8. The van der Waals surface area contributed by atoms with Gasteiger partial charge in [0.05, 0.1) is 26.7 Å². The molecular formula is C22H31N3O8. The van der Waals surface area contributed by atoms with E-state index in [1.165, 1.54) is 0 Å². The summed E-state index contributed by atoms with van der Waals surface area (Å²) in [7, 11) is 4.75. The molecule has 1 heterocycles. The first kappa shape index (κ1) is 27.4. The van der Waals surface area contributed by atoms with Crippen molar-refractivity contribution in [3.63, 3.8) is 0 Å². The number of hydrogen-bond acceptors (Lipinski definition) is 9. The molecule has 0 fully saturated rings. The molecule has 0 bridgehead atoms. The fraction of sp³-hybridized carbons (Fsp3) is 0.455. The smallest absolute Gasteiger partial charge is 0.328 e. The monoisotopic (exact) mass is 465 g/mol. The van der Waals surface area contributed by atoms with Gasteiger partial charge in [-0.3, -0.25) is 0 Å². The lowest BCUT2D eigenvalue weighted by molar-refractivity contribution is -0.134. The summed E-state index contributed by atoms with van der Waals surface area (Å²) in [5, 5.41) is 28.7. The Morgan fingerprint density at radius 3 is 2.06 bits per heavy atom. The fourth-order valence-electron chi connectivity index (χ4n) is 2.92. The summed E-state index contributed by atoms with van der Waals surface area (Å²) in [6, 6.07) is 1.87. The summed E-state index contributed by atoms with van der Waals surface area (Å²) in [6.45, 7) is 2.90. The molecule has 1 aromatic carbocycles. The summed E-state index contributed by atoms with van der Waals surface area (Å²) in [5.74, 6) is 0.522. The maximum Gasteiger partial charge on any atom is 0.328 e. The number of nitrogens with zero attached hydrogens (tertiary/aromatic N) is 2. The van der Waals surface area contributed by atoms with Gasteiger partial charge in [0, 0.05) is 25.3 Å². The second-order valence-corrected chi connectivity index (χ2v) is 6.74. The van der Waals surface area contributed by atoms with Crippen molar-refractivity contribution in [3.8, 4) is 17.2 Å². The number of carbonyl (C=O) groups is 2. The van der Waals surface area contributed by atoms with Gasteiger partial charge in [-0.05, 0) is 25.8 Å². The van der Waals surface area contributed by atoms with Crippen molar-refractivity contribution in [2.75, 3.05) is 39.8 Å². The first-order chi connectivity index (χ1) is 15.8. The van der Waals surface area contributed by atoms with Gasteiger partial charge in [0.15, 0.2) is 11.5 Å². The number of carboxylic acids is 2. The zero-order valence-corrected chi connectivity index (χ0v) is 19.3. The molecule has 0 aliphatic heterocycles. The number of methoxy groups -OCH3 is 3. The number of rotatable bonds is 12. The lowest BCUT2D eigenvalue weighted by atomic mass is 10.1. The Hall–Kier alpha value is -3.60. The van der Waals surface area contributed by atoms with Crippen LogP contribution in [0.25, 0.3) is 10.9 Å². The normalized spacial score (nSPS) is 10.5. The highest BCUT2D eigenvalue weighted by molar-refractivity contribution is 5.97. The maximum absolute atomic E-state index is 9.55. The molecule has 0 aliphatic rings. The summed E-state index contributed by atoms with van der Waals surface area (Å²) in [4.78, 5) is 28.2. The number of ether oxygens (including phenoxy) is 3. The molecule has 1 aromatic heterocycles. The molecule has 0 spiro atoms. The van der Waals surface area contributed by atoms with Crippen LogP contribution in [0, 0.1) is 6.92 Å². The minimum Gasteiger partial charge on any atom is -0.493 e. The van der Waals surface area contributed by atoms with E-state index in [2.05, 4.69) is 15.3 Å². The predicted molar refractivity (Wildman–Crippen MR) is 122 cm³/mol. The van der Waals surface area contributed by atoms with Crippen molar-refractivity contribution >= 4 is 28.7 Å². The van der Waals surface area contributed by atoms with Gasteiger partial charge in [-0.25, -0.2) is 19.6 Å². The van der Waals surface area contributed by atoms with Crippen LogP contribution in [0.15, 0.2) is 18.2 Å². The van der Waals surface area contributed by atoms with Crippen LogP contribution in [-0.4, -0.2) is 71.7 Å². The number of anilines is 1. The van der Waals surface area contributed by atoms with Crippen LogP contribution in [0.4, 0.5) is 5.82 Å². The average molecular weight is 466 g/mol. The second-order valence-electron chi connectivity index (χ2n) is 6.74. The van der Waals surface area contributed by atoms with Gasteiger partial charge in [0.25, 0.3) is 0 Å². The molecule has 0 atom stereocenters. The van der Waals surface area contributed by atoms with Gasteiger partial charge in [-0.15, -0.1) is 0 Å². The van der Waals surface area contributed by atoms with Gasteiger partial charge in [-0.1, -0.05) is 12.8 Å². The highest BCUT2D eigenvalue weighted by atomic mass is 16.5. The lowest BCUT2D eigenvalue weighted by Gasteiger charge is -2.16. The van der Waals surface area contributed by atoms with E-state index in [0.29, 0.717) is 40.7 Å². The Labute approximate surface area is 192 Å². The third-order valence-corrected chi connectivity index (χ3v) is 4.35. The largest absolute Gasteiger partial charge is 0.493 e. The van der Waals surface area contributed by atoms with Crippen LogP contribution in [0.3, 0.4) is 0 Å². The van der Waals surface area contributed by atoms with Gasteiger partial charge in [0.1, 0.15) is 17.2 Å². The first-order valence-corrected chi connectivity index (χ1v) is 10.2. The Morgan fingerprint density at radius 2 is 1.55 bits per heavy atom. The molecule has 0 aliphatic carbocycles. The molecule has 0 saturated heterocycles. The molecule has 0 radical (unpaired) electrons. The molecule has 0 saturated carbocycles. The Kier molecular flexibility index (Phi) is 12.0. The number of benzene rings is 1. The van der Waals surface area contributed by atoms with Crippen molar-refractivity contribution in [1.82, 2.24) is 9.97 Å². The highest BCUT2D eigenvalue weighted by Crippen LogP contribution is 2.44. The van der Waals surface area contributed by atoms with Gasteiger partial charge < -0.3 is 34.8 Å². The van der Waals surface area contributed by atoms with Gasteiger partial charge in [-0.2, -0.15) is 0 Å². The minimum absolute atomic E-state index is 0.255. The third-order valence-electron chi connectivity index (χ3n) is 4.35. The number of hydrogen-bond donors (Lipinski definition) is 4. The van der Waals surface area contributed by atoms with Gasteiger partial charge in [0.2, 0.25) is 5.75 Å². The van der Waals surface area contributed by atoms with Crippen LogP contribution >= 0.6 is 0 Å². The second kappa shape index (κ2) is 14.5. The predicted octanol–water partition coefficient (Wildman–Crippen LogP) is 2.64. The molecule has 2 rings (SSSR count). The van der Waals surface area contributed by atoms with E-state index < -0.39 is 11.9 Å². The van der Waals surface area contributed by atoms with E-state index in [1.54, 1.807) is 21.3 Å². The van der Waals surface area contributed by atoms with E-state index in [9.17, 15) is 9.59 Å². The number of nitrogens with one attached hydrogen (secondary N) is 1. The van der Waals surface area contributed by atoms with Crippen molar-refractivity contribution in [3.05, 3.63) is 24.0 Å². The zero-order valence-electron chi connectivity index (χ0n) is 19.3. The van der Waals surface area contributed by atoms with E-state index >= 15 is 0 Å². The number of aromatic nitrogens is 2. The van der Waals surface area contributed by atoms with E-state index in [4.69, 9.17) is 29.5 Å². The summed E-state index contributed by atoms with van der Waals surface area (Å²) in [5.41, 5.74) is 0.690. The summed E-state index contributed by atoms with van der Waals surface area (Å²) in [6.07, 6.45) is 5.07. The molecule has 4 N–H and O–H groups in total. The van der Waals surface area contributed by atoms with E-state index in [-0.39, 0.29) is 6.61 Å². The molecule has 0 amide bonds. The summed E-state index contributed by atoms with van der Waals surface area (Å²) >= 11 is 0. The molecular weight excluding hydrogens is 434 g/mol. The van der Waals surface area contributed by atoms with Crippen LogP contribution in [-0.2, 0) is 9.59 Å². The SMILES string of the molecule is COc1cc2c(NCCCCCCO)nc(C)nc2c(OC)c1OC.O=C(O)C=CC(=O)O. The highest BCUT2D eigenvalue weighted by Gasteiger charge is 2.20. The Balaban J connectivity index is 0.000000582. The van der Waals surface area contributed by atoms with Crippen molar-refractivity contribution in [2.24, 2.45) is 0 Å². The number of aliphatic hydroxyl groups excluding tert-OH is 1. The van der Waals surface area contributed by atoms with Crippen molar-refractivity contribution in [2.45, 2.75) is 32.6 Å².